The number of nitrogens with zero attached hydrogens (tertiary/aromatic N) is 1. The normalized spacial score (nSPS) is 13.7. The maximum atomic E-state index is 13.5. The van der Waals surface area contributed by atoms with Gasteiger partial charge < -0.3 is 10.1 Å². The second-order valence-corrected chi connectivity index (χ2v) is 7.80. The lowest BCUT2D eigenvalue weighted by molar-refractivity contribution is -0.137. The van der Waals surface area contributed by atoms with Crippen LogP contribution >= 0.6 is 11.6 Å². The molecule has 1 aliphatic heterocycles. The van der Waals surface area contributed by atoms with Crippen LogP contribution in [0.3, 0.4) is 0 Å². The van der Waals surface area contributed by atoms with Gasteiger partial charge in [-0.2, -0.15) is 0 Å². The van der Waals surface area contributed by atoms with Gasteiger partial charge in [-0.05, 0) is 60.0 Å². The minimum atomic E-state index is -0.471. The number of halogens is 2. The van der Waals surface area contributed by atoms with Crippen LogP contribution in [0, 0.1) is 12.7 Å². The van der Waals surface area contributed by atoms with Crippen LogP contribution in [0.2, 0.25) is 5.02 Å². The second-order valence-electron chi connectivity index (χ2n) is 7.39. The first-order valence-electron chi connectivity index (χ1n) is 9.90. The van der Waals surface area contributed by atoms with E-state index in [4.69, 9.17) is 16.3 Å². The Bertz CT molecular complexity index is 1220. The molecule has 0 spiro atoms. The number of hydrogen-bond donors (Lipinski definition) is 1. The number of imide groups is 1. The molecule has 0 bridgehead atoms. The van der Waals surface area contributed by atoms with Crippen molar-refractivity contribution in [2.45, 2.75) is 13.5 Å². The molecule has 0 saturated heterocycles. The molecule has 0 atom stereocenters. The van der Waals surface area contributed by atoms with E-state index >= 15 is 0 Å². The Labute approximate surface area is 190 Å². The number of carbonyl (C=O) groups excluding carboxylic acids is 2. The number of methoxy groups -OCH3 is 1. The van der Waals surface area contributed by atoms with E-state index in [1.165, 1.54) is 29.2 Å². The fraction of sp³-hybridized carbons (Fsp3) is 0.120. The van der Waals surface area contributed by atoms with E-state index in [0.717, 1.165) is 11.1 Å². The van der Waals surface area contributed by atoms with E-state index in [-0.39, 0.29) is 17.8 Å². The summed E-state index contributed by atoms with van der Waals surface area (Å²) in [5.41, 5.74) is 2.98. The van der Waals surface area contributed by atoms with Crippen molar-refractivity contribution in [3.8, 4) is 5.75 Å². The van der Waals surface area contributed by atoms with Crippen LogP contribution in [0.4, 0.5) is 10.1 Å². The molecular weight excluding hydrogens is 431 g/mol. The summed E-state index contributed by atoms with van der Waals surface area (Å²) >= 11 is 6.23. The Balaban J connectivity index is 1.71. The van der Waals surface area contributed by atoms with Crippen molar-refractivity contribution in [3.05, 3.63) is 100.0 Å². The number of nitrogens with one attached hydrogen (secondary N) is 1. The molecular formula is C25H20ClFN2O3. The third kappa shape index (κ3) is 4.22. The largest absolute Gasteiger partial charge is 0.497 e. The second kappa shape index (κ2) is 8.85. The number of amides is 2. The topological polar surface area (TPSA) is 58.6 Å². The molecule has 3 aromatic carbocycles. The average molecular weight is 451 g/mol. The molecule has 1 aliphatic rings. The van der Waals surface area contributed by atoms with Gasteiger partial charge in [0.2, 0.25) is 0 Å². The summed E-state index contributed by atoms with van der Waals surface area (Å²) in [6, 6.07) is 17.9. The summed E-state index contributed by atoms with van der Waals surface area (Å²) in [5, 5.41) is 3.59. The van der Waals surface area contributed by atoms with Crippen molar-refractivity contribution in [2.24, 2.45) is 0 Å². The van der Waals surface area contributed by atoms with Gasteiger partial charge in [0.15, 0.2) is 0 Å². The van der Waals surface area contributed by atoms with Gasteiger partial charge in [0, 0.05) is 10.7 Å². The van der Waals surface area contributed by atoms with Crippen LogP contribution in [0.1, 0.15) is 16.7 Å². The van der Waals surface area contributed by atoms with Gasteiger partial charge in [0.1, 0.15) is 17.3 Å². The summed E-state index contributed by atoms with van der Waals surface area (Å²) in [4.78, 5) is 27.8. The molecule has 5 nitrogen and oxygen atoms in total. The van der Waals surface area contributed by atoms with E-state index in [0.29, 0.717) is 22.0 Å². The van der Waals surface area contributed by atoms with Gasteiger partial charge in [0.25, 0.3) is 11.8 Å². The Morgan fingerprint density at radius 2 is 1.66 bits per heavy atom. The van der Waals surface area contributed by atoms with Crippen LogP contribution in [0.5, 0.6) is 5.75 Å². The van der Waals surface area contributed by atoms with Crippen LogP contribution < -0.4 is 10.1 Å². The molecule has 7 heteroatoms. The van der Waals surface area contributed by atoms with E-state index < -0.39 is 17.6 Å². The molecule has 0 unspecified atom stereocenters. The highest BCUT2D eigenvalue weighted by molar-refractivity contribution is 6.36. The Morgan fingerprint density at radius 3 is 2.28 bits per heavy atom. The lowest BCUT2D eigenvalue weighted by Crippen LogP contribution is -2.32. The van der Waals surface area contributed by atoms with Crippen molar-refractivity contribution in [1.29, 1.82) is 0 Å². The SMILES string of the molecule is COc1ccc(CN2C(=O)C(Nc3ccc(C)c(Cl)c3)=C(c3ccc(F)cc3)C2=O)cc1. The van der Waals surface area contributed by atoms with Gasteiger partial charge in [-0.25, -0.2) is 4.39 Å². The molecule has 4 rings (SSSR count). The lowest BCUT2D eigenvalue weighted by atomic mass is 10.0. The quantitative estimate of drug-likeness (QED) is 0.525. The molecule has 0 aromatic heterocycles. The molecule has 0 saturated carbocycles. The zero-order valence-electron chi connectivity index (χ0n) is 17.5. The van der Waals surface area contributed by atoms with Gasteiger partial charge >= 0.3 is 0 Å². The van der Waals surface area contributed by atoms with Gasteiger partial charge in [-0.15, -0.1) is 0 Å². The molecule has 0 fully saturated rings. The molecule has 1 N–H and O–H groups in total. The predicted molar refractivity (Wildman–Crippen MR) is 122 cm³/mol. The maximum absolute atomic E-state index is 13.5. The van der Waals surface area contributed by atoms with E-state index in [9.17, 15) is 14.0 Å². The molecule has 0 aliphatic carbocycles. The summed E-state index contributed by atoms with van der Waals surface area (Å²) in [6.45, 7) is 1.96. The van der Waals surface area contributed by atoms with E-state index in [1.54, 1.807) is 43.5 Å². The molecule has 3 aromatic rings. The third-order valence-electron chi connectivity index (χ3n) is 5.24. The Hall–Kier alpha value is -3.64. The van der Waals surface area contributed by atoms with Gasteiger partial charge in [-0.1, -0.05) is 41.9 Å². The zero-order chi connectivity index (χ0) is 22.8. The first-order valence-corrected chi connectivity index (χ1v) is 10.3. The van der Waals surface area contributed by atoms with Crippen LogP contribution in [0.25, 0.3) is 5.57 Å². The Morgan fingerprint density at radius 1 is 0.969 bits per heavy atom. The number of carbonyl (C=O) groups is 2. The summed E-state index contributed by atoms with van der Waals surface area (Å²) < 4.78 is 18.6. The van der Waals surface area contributed by atoms with Crippen molar-refractivity contribution in [3.63, 3.8) is 0 Å². The van der Waals surface area contributed by atoms with Crippen molar-refractivity contribution >= 4 is 34.7 Å². The van der Waals surface area contributed by atoms with Gasteiger partial charge in [-0.3, -0.25) is 14.5 Å². The van der Waals surface area contributed by atoms with E-state index in [2.05, 4.69) is 5.32 Å². The smallest absolute Gasteiger partial charge is 0.278 e. The molecule has 162 valence electrons. The molecule has 1 heterocycles. The number of anilines is 1. The Kier molecular flexibility index (Phi) is 5.97. The van der Waals surface area contributed by atoms with Crippen molar-refractivity contribution in [2.75, 3.05) is 12.4 Å². The minimum absolute atomic E-state index is 0.0895. The number of ether oxygens (including phenoxy) is 1. The predicted octanol–water partition coefficient (Wildman–Crippen LogP) is 5.19. The van der Waals surface area contributed by atoms with Crippen LogP contribution in [-0.4, -0.2) is 23.8 Å². The zero-order valence-corrected chi connectivity index (χ0v) is 18.2. The average Bonchev–Trinajstić information content (AvgIpc) is 3.01. The third-order valence-corrected chi connectivity index (χ3v) is 5.65. The maximum Gasteiger partial charge on any atom is 0.278 e. The fourth-order valence-corrected chi connectivity index (χ4v) is 3.63. The molecule has 32 heavy (non-hydrogen) atoms. The minimum Gasteiger partial charge on any atom is -0.497 e. The van der Waals surface area contributed by atoms with Crippen LogP contribution in [0.15, 0.2) is 72.4 Å². The van der Waals surface area contributed by atoms with Crippen molar-refractivity contribution < 1.29 is 18.7 Å². The first kappa shape index (κ1) is 21.6. The highest BCUT2D eigenvalue weighted by Gasteiger charge is 2.39. The number of benzene rings is 3. The first-order chi connectivity index (χ1) is 15.4. The molecule has 0 radical (unpaired) electrons. The number of hydrogen-bond acceptors (Lipinski definition) is 4. The van der Waals surface area contributed by atoms with Crippen molar-refractivity contribution in [1.82, 2.24) is 4.90 Å². The highest BCUT2D eigenvalue weighted by atomic mass is 35.5. The highest BCUT2D eigenvalue weighted by Crippen LogP contribution is 2.32. The van der Waals surface area contributed by atoms with E-state index in [1.807, 2.05) is 13.0 Å². The molecule has 2 amide bonds. The summed E-state index contributed by atoms with van der Waals surface area (Å²) in [5.74, 6) is -0.683. The number of aryl methyl sites for hydroxylation is 1. The monoisotopic (exact) mass is 450 g/mol. The lowest BCUT2D eigenvalue weighted by Gasteiger charge is -2.16. The number of rotatable bonds is 6. The summed E-state index contributed by atoms with van der Waals surface area (Å²) in [6.07, 6.45) is 0. The fourth-order valence-electron chi connectivity index (χ4n) is 3.45. The summed E-state index contributed by atoms with van der Waals surface area (Å²) in [7, 11) is 1.57. The van der Waals surface area contributed by atoms with Gasteiger partial charge in [0.05, 0.1) is 19.2 Å². The van der Waals surface area contributed by atoms with Crippen LogP contribution in [-0.2, 0) is 16.1 Å². The standard InChI is InChI=1S/C25H20ClFN2O3/c1-15-3-10-19(13-21(15)26)28-23-22(17-6-8-18(27)9-7-17)24(30)29(25(23)31)14-16-4-11-20(32-2)12-5-16/h3-13,28H,14H2,1-2H3.